The fraction of sp³-hybridized carbons (Fsp3) is 0.842. The second-order valence-corrected chi connectivity index (χ2v) is 8.61. The minimum Gasteiger partial charge on any atom is -0.393 e. The van der Waals surface area contributed by atoms with E-state index in [0.717, 1.165) is 37.5 Å². The highest BCUT2D eigenvalue weighted by molar-refractivity contribution is 5.91. The zero-order valence-electron chi connectivity index (χ0n) is 13.4. The summed E-state index contributed by atoms with van der Waals surface area (Å²) < 4.78 is 0. The molecule has 0 saturated heterocycles. The van der Waals surface area contributed by atoms with E-state index in [-0.39, 0.29) is 16.9 Å². The van der Waals surface area contributed by atoms with Crippen molar-refractivity contribution in [3.8, 4) is 0 Å². The van der Waals surface area contributed by atoms with Gasteiger partial charge in [-0.05, 0) is 79.6 Å². The Labute approximate surface area is 128 Å². The molecule has 0 aliphatic heterocycles. The quantitative estimate of drug-likeness (QED) is 0.734. The van der Waals surface area contributed by atoms with E-state index >= 15 is 0 Å². The molecule has 116 valence electrons. The van der Waals surface area contributed by atoms with Crippen LogP contribution in [0.2, 0.25) is 0 Å². The van der Waals surface area contributed by atoms with Gasteiger partial charge in [0.1, 0.15) is 0 Å². The Morgan fingerprint density at radius 1 is 1.05 bits per heavy atom. The molecule has 0 spiro atoms. The summed E-state index contributed by atoms with van der Waals surface area (Å²) in [5.41, 5.74) is 1.89. The fourth-order valence-corrected chi connectivity index (χ4v) is 6.53. The molecule has 0 amide bonds. The van der Waals surface area contributed by atoms with Crippen LogP contribution in [-0.2, 0) is 4.79 Å². The van der Waals surface area contributed by atoms with Crippen molar-refractivity contribution in [3.63, 3.8) is 0 Å². The molecule has 3 fully saturated rings. The summed E-state index contributed by atoms with van der Waals surface area (Å²) in [5.74, 6) is 2.57. The third kappa shape index (κ3) is 1.78. The SMILES string of the molecule is C[C@@]12CC[C@@H]3[C@H](CCC4=CC(=O)CC[C@@]43C)[C@H]1CC[C@H]2O. The summed E-state index contributed by atoms with van der Waals surface area (Å²) in [5, 5.41) is 10.4. The van der Waals surface area contributed by atoms with Crippen LogP contribution in [0.25, 0.3) is 0 Å². The van der Waals surface area contributed by atoms with Gasteiger partial charge in [-0.3, -0.25) is 4.79 Å². The second-order valence-electron chi connectivity index (χ2n) is 8.61. The highest BCUT2D eigenvalue weighted by atomic mass is 16.3. The first kappa shape index (κ1) is 14.0. The van der Waals surface area contributed by atoms with Crippen LogP contribution in [0, 0.1) is 28.6 Å². The van der Waals surface area contributed by atoms with E-state index < -0.39 is 0 Å². The minimum absolute atomic E-state index is 0.0823. The van der Waals surface area contributed by atoms with E-state index in [0.29, 0.717) is 11.7 Å². The van der Waals surface area contributed by atoms with E-state index in [4.69, 9.17) is 0 Å². The molecule has 0 aromatic carbocycles. The summed E-state index contributed by atoms with van der Waals surface area (Å²) in [6, 6.07) is 0. The molecule has 6 atom stereocenters. The second kappa shape index (κ2) is 4.44. The van der Waals surface area contributed by atoms with E-state index in [1.807, 2.05) is 6.08 Å². The van der Waals surface area contributed by atoms with Crippen molar-refractivity contribution in [2.75, 3.05) is 0 Å². The highest BCUT2D eigenvalue weighted by Gasteiger charge is 2.58. The van der Waals surface area contributed by atoms with Crippen LogP contribution in [0.4, 0.5) is 0 Å². The number of fused-ring (bicyclic) bond motifs is 5. The van der Waals surface area contributed by atoms with Crippen LogP contribution in [0.3, 0.4) is 0 Å². The van der Waals surface area contributed by atoms with E-state index in [2.05, 4.69) is 13.8 Å². The number of aliphatic hydroxyl groups excluding tert-OH is 1. The Morgan fingerprint density at radius 2 is 1.86 bits per heavy atom. The molecule has 4 aliphatic rings. The van der Waals surface area contributed by atoms with Crippen LogP contribution in [0.1, 0.15) is 65.2 Å². The summed E-state index contributed by atoms with van der Waals surface area (Å²) >= 11 is 0. The Kier molecular flexibility index (Phi) is 2.96. The van der Waals surface area contributed by atoms with Crippen LogP contribution in [0.5, 0.6) is 0 Å². The summed E-state index contributed by atoms with van der Waals surface area (Å²) in [6.07, 6.45) is 10.7. The van der Waals surface area contributed by atoms with Gasteiger partial charge in [-0.15, -0.1) is 0 Å². The maximum absolute atomic E-state index is 11.8. The molecule has 4 rings (SSSR count). The Balaban J connectivity index is 1.69. The van der Waals surface area contributed by atoms with Crippen molar-refractivity contribution in [1.29, 1.82) is 0 Å². The van der Waals surface area contributed by atoms with Crippen molar-refractivity contribution < 1.29 is 9.90 Å². The average Bonchev–Trinajstić information content (AvgIpc) is 2.76. The van der Waals surface area contributed by atoms with Gasteiger partial charge in [-0.1, -0.05) is 19.4 Å². The van der Waals surface area contributed by atoms with Crippen molar-refractivity contribution in [1.82, 2.24) is 0 Å². The first-order chi connectivity index (χ1) is 9.95. The van der Waals surface area contributed by atoms with Crippen molar-refractivity contribution in [2.24, 2.45) is 28.6 Å². The van der Waals surface area contributed by atoms with Gasteiger partial charge in [0.2, 0.25) is 0 Å². The Hall–Kier alpha value is -0.630. The monoisotopic (exact) mass is 288 g/mol. The first-order valence-corrected chi connectivity index (χ1v) is 8.87. The third-order valence-corrected chi connectivity index (χ3v) is 7.91. The van der Waals surface area contributed by atoms with E-state index in [9.17, 15) is 9.90 Å². The molecule has 0 aromatic heterocycles. The van der Waals surface area contributed by atoms with Crippen molar-refractivity contribution in [3.05, 3.63) is 11.6 Å². The molecule has 2 heteroatoms. The van der Waals surface area contributed by atoms with Crippen LogP contribution >= 0.6 is 0 Å². The Bertz CT molecular complexity index is 508. The van der Waals surface area contributed by atoms with Gasteiger partial charge in [0.25, 0.3) is 0 Å². The largest absolute Gasteiger partial charge is 0.393 e. The predicted molar refractivity (Wildman–Crippen MR) is 82.7 cm³/mol. The summed E-state index contributed by atoms with van der Waals surface area (Å²) in [4.78, 5) is 11.8. The van der Waals surface area contributed by atoms with Gasteiger partial charge in [0, 0.05) is 6.42 Å². The number of aliphatic hydroxyl groups is 1. The lowest BCUT2D eigenvalue weighted by molar-refractivity contribution is -0.118. The number of carbonyl (C=O) groups excluding carboxylic acids is 1. The number of ketones is 1. The summed E-state index contributed by atoms with van der Waals surface area (Å²) in [6.45, 7) is 4.76. The number of hydrogen-bond donors (Lipinski definition) is 1. The number of allylic oxidation sites excluding steroid dienone is 1. The molecule has 1 N–H and O–H groups in total. The molecular formula is C19H28O2. The average molecular weight is 288 g/mol. The van der Waals surface area contributed by atoms with Crippen molar-refractivity contribution in [2.45, 2.75) is 71.3 Å². The number of carbonyl (C=O) groups is 1. The summed E-state index contributed by atoms with van der Waals surface area (Å²) in [7, 11) is 0. The van der Waals surface area contributed by atoms with E-state index in [1.54, 1.807) is 0 Å². The maximum Gasteiger partial charge on any atom is 0.155 e. The normalized spacial score (nSPS) is 52.7. The first-order valence-electron chi connectivity index (χ1n) is 8.87. The smallest absolute Gasteiger partial charge is 0.155 e. The van der Waals surface area contributed by atoms with Gasteiger partial charge >= 0.3 is 0 Å². The predicted octanol–water partition coefficient (Wildman–Crippen LogP) is 3.88. The molecule has 0 radical (unpaired) electrons. The lowest BCUT2D eigenvalue weighted by Gasteiger charge is -2.57. The van der Waals surface area contributed by atoms with Gasteiger partial charge in [-0.25, -0.2) is 0 Å². The van der Waals surface area contributed by atoms with Gasteiger partial charge < -0.3 is 5.11 Å². The lowest BCUT2D eigenvalue weighted by Crippen LogP contribution is -2.51. The van der Waals surface area contributed by atoms with Crippen LogP contribution in [-0.4, -0.2) is 17.0 Å². The molecule has 3 saturated carbocycles. The third-order valence-electron chi connectivity index (χ3n) is 7.91. The molecule has 0 unspecified atom stereocenters. The highest BCUT2D eigenvalue weighted by Crippen LogP contribution is 2.65. The Morgan fingerprint density at radius 3 is 2.67 bits per heavy atom. The molecule has 21 heavy (non-hydrogen) atoms. The number of rotatable bonds is 0. The lowest BCUT2D eigenvalue weighted by atomic mass is 9.47. The molecule has 0 aromatic rings. The van der Waals surface area contributed by atoms with Crippen LogP contribution in [0.15, 0.2) is 11.6 Å². The van der Waals surface area contributed by atoms with E-state index in [1.165, 1.54) is 31.3 Å². The fourth-order valence-electron chi connectivity index (χ4n) is 6.53. The van der Waals surface area contributed by atoms with Gasteiger partial charge in [0.05, 0.1) is 6.10 Å². The topological polar surface area (TPSA) is 37.3 Å². The number of hydrogen-bond acceptors (Lipinski definition) is 2. The molecular weight excluding hydrogens is 260 g/mol. The zero-order chi connectivity index (χ0) is 14.8. The molecule has 0 heterocycles. The zero-order valence-corrected chi connectivity index (χ0v) is 13.4. The van der Waals surface area contributed by atoms with Gasteiger partial charge in [-0.2, -0.15) is 0 Å². The molecule has 2 nitrogen and oxygen atoms in total. The van der Waals surface area contributed by atoms with Crippen molar-refractivity contribution >= 4 is 5.78 Å². The molecule has 4 aliphatic carbocycles. The molecule has 0 bridgehead atoms. The van der Waals surface area contributed by atoms with Gasteiger partial charge in [0.15, 0.2) is 5.78 Å². The standard InChI is InChI=1S/C19H28O2/c1-18-9-7-13(20)11-12(18)3-4-14-15-5-6-17(21)19(15,2)10-8-16(14)18/h11,14-17,21H,3-10H2,1-2H3/t14-,15-,16-,17-,18+,19-/m1/s1. The minimum atomic E-state index is -0.0823. The van der Waals surface area contributed by atoms with Crippen LogP contribution < -0.4 is 0 Å². The maximum atomic E-state index is 11.8.